The molecule has 0 saturated heterocycles. The van der Waals surface area contributed by atoms with Crippen molar-refractivity contribution in [2.45, 2.75) is 13.3 Å². The monoisotopic (exact) mass is 304 g/mol. The molecule has 0 aliphatic carbocycles. The Labute approximate surface area is 129 Å². The second kappa shape index (κ2) is 6.64. The first-order valence-electron chi connectivity index (χ1n) is 6.65. The molecule has 0 amide bonds. The molecule has 0 heterocycles. The topological polar surface area (TPSA) is 35.5 Å². The molecule has 3 nitrogen and oxygen atoms in total. The largest absolute Gasteiger partial charge is 0.493 e. The molecule has 0 spiro atoms. The van der Waals surface area contributed by atoms with Gasteiger partial charge in [-0.05, 0) is 30.2 Å². The molecule has 21 heavy (non-hydrogen) atoms. The fraction of sp³-hybridized carbons (Fsp3) is 0.235. The average molecular weight is 305 g/mol. The third-order valence-electron chi connectivity index (χ3n) is 3.29. The van der Waals surface area contributed by atoms with E-state index in [2.05, 4.69) is 6.92 Å². The van der Waals surface area contributed by atoms with Crippen LogP contribution in [-0.4, -0.2) is 20.0 Å². The van der Waals surface area contributed by atoms with Crippen molar-refractivity contribution in [2.75, 3.05) is 14.2 Å². The van der Waals surface area contributed by atoms with Crippen LogP contribution in [0.5, 0.6) is 11.5 Å². The Kier molecular flexibility index (Phi) is 4.86. The van der Waals surface area contributed by atoms with E-state index in [1.54, 1.807) is 18.2 Å². The second-order valence-corrected chi connectivity index (χ2v) is 4.98. The lowest BCUT2D eigenvalue weighted by molar-refractivity contribution is 0.103. The molecule has 0 bridgehead atoms. The molecular formula is C17H17ClO3. The fourth-order valence-electron chi connectivity index (χ4n) is 2.15. The Morgan fingerprint density at radius 2 is 1.86 bits per heavy atom. The predicted molar refractivity (Wildman–Crippen MR) is 83.8 cm³/mol. The quantitative estimate of drug-likeness (QED) is 0.778. The van der Waals surface area contributed by atoms with E-state index in [9.17, 15) is 4.79 Å². The van der Waals surface area contributed by atoms with Crippen LogP contribution in [0.4, 0.5) is 0 Å². The zero-order valence-corrected chi connectivity index (χ0v) is 13.0. The summed E-state index contributed by atoms with van der Waals surface area (Å²) in [5, 5.41) is 0.354. The van der Waals surface area contributed by atoms with Crippen molar-refractivity contribution in [3.8, 4) is 11.5 Å². The van der Waals surface area contributed by atoms with Crippen LogP contribution in [0.25, 0.3) is 0 Å². The minimum Gasteiger partial charge on any atom is -0.493 e. The first-order valence-corrected chi connectivity index (χ1v) is 7.03. The highest BCUT2D eigenvalue weighted by Gasteiger charge is 2.16. The molecule has 0 radical (unpaired) electrons. The Hall–Kier alpha value is -2.00. The lowest BCUT2D eigenvalue weighted by atomic mass is 10.00. The first kappa shape index (κ1) is 15.4. The summed E-state index contributed by atoms with van der Waals surface area (Å²) >= 11 is 6.15. The molecule has 0 N–H and O–H groups in total. The normalized spacial score (nSPS) is 10.3. The minimum atomic E-state index is -0.0897. The van der Waals surface area contributed by atoms with Crippen molar-refractivity contribution in [1.82, 2.24) is 0 Å². The fourth-order valence-corrected chi connectivity index (χ4v) is 2.44. The summed E-state index contributed by atoms with van der Waals surface area (Å²) in [7, 11) is 3.02. The van der Waals surface area contributed by atoms with E-state index in [1.807, 2.05) is 18.2 Å². The maximum Gasteiger partial charge on any atom is 0.193 e. The molecule has 0 aliphatic heterocycles. The molecule has 0 aromatic heterocycles. The number of ketones is 1. The number of halogens is 1. The van der Waals surface area contributed by atoms with Crippen LogP contribution >= 0.6 is 11.6 Å². The van der Waals surface area contributed by atoms with E-state index in [4.69, 9.17) is 21.1 Å². The lowest BCUT2D eigenvalue weighted by Crippen LogP contribution is -2.03. The highest BCUT2D eigenvalue weighted by atomic mass is 35.5. The van der Waals surface area contributed by atoms with Gasteiger partial charge >= 0.3 is 0 Å². The van der Waals surface area contributed by atoms with Crippen LogP contribution in [0.3, 0.4) is 0 Å². The number of benzene rings is 2. The van der Waals surface area contributed by atoms with Crippen LogP contribution in [-0.2, 0) is 6.42 Å². The zero-order chi connectivity index (χ0) is 15.4. The molecule has 0 aliphatic rings. The van der Waals surface area contributed by atoms with Crippen molar-refractivity contribution in [3.63, 3.8) is 0 Å². The number of methoxy groups -OCH3 is 2. The average Bonchev–Trinajstić information content (AvgIpc) is 2.53. The highest BCUT2D eigenvalue weighted by molar-refractivity contribution is 6.33. The zero-order valence-electron chi connectivity index (χ0n) is 12.3. The number of rotatable bonds is 5. The van der Waals surface area contributed by atoms with Gasteiger partial charge in [0.25, 0.3) is 0 Å². The molecule has 0 atom stereocenters. The summed E-state index contributed by atoms with van der Waals surface area (Å²) in [6.45, 7) is 2.05. The molecule has 2 rings (SSSR count). The van der Waals surface area contributed by atoms with E-state index >= 15 is 0 Å². The maximum atomic E-state index is 12.6. The van der Waals surface area contributed by atoms with Gasteiger partial charge in [0.05, 0.1) is 19.2 Å². The Morgan fingerprint density at radius 3 is 2.48 bits per heavy atom. The second-order valence-electron chi connectivity index (χ2n) is 4.58. The van der Waals surface area contributed by atoms with E-state index in [0.29, 0.717) is 27.6 Å². The van der Waals surface area contributed by atoms with E-state index in [1.165, 1.54) is 14.2 Å². The van der Waals surface area contributed by atoms with Gasteiger partial charge in [0.15, 0.2) is 17.3 Å². The summed E-state index contributed by atoms with van der Waals surface area (Å²) in [5.41, 5.74) is 2.23. The van der Waals surface area contributed by atoms with Crippen LogP contribution in [0.2, 0.25) is 5.02 Å². The Bertz CT molecular complexity index is 665. The van der Waals surface area contributed by atoms with Crippen molar-refractivity contribution in [2.24, 2.45) is 0 Å². The van der Waals surface area contributed by atoms with Gasteiger partial charge < -0.3 is 9.47 Å². The number of hydrogen-bond donors (Lipinski definition) is 0. The SMILES string of the molecule is CCc1cccc(C(=O)c2cc(Cl)c(OC)c(OC)c2)c1. The number of carbonyl (C=O) groups excluding carboxylic acids is 1. The number of aryl methyl sites for hydroxylation is 1. The third-order valence-corrected chi connectivity index (χ3v) is 3.57. The standard InChI is InChI=1S/C17H17ClO3/c1-4-11-6-5-7-12(8-11)16(19)13-9-14(18)17(21-3)15(10-13)20-2/h5-10H,4H2,1-3H3. The smallest absolute Gasteiger partial charge is 0.193 e. The molecular weight excluding hydrogens is 288 g/mol. The van der Waals surface area contributed by atoms with Gasteiger partial charge in [0.1, 0.15) is 0 Å². The third kappa shape index (κ3) is 3.19. The van der Waals surface area contributed by atoms with Gasteiger partial charge in [-0.3, -0.25) is 4.79 Å². The van der Waals surface area contributed by atoms with Gasteiger partial charge in [-0.1, -0.05) is 36.7 Å². The molecule has 2 aromatic carbocycles. The molecule has 2 aromatic rings. The van der Waals surface area contributed by atoms with Gasteiger partial charge in [-0.2, -0.15) is 0 Å². The summed E-state index contributed by atoms with van der Waals surface area (Å²) in [6, 6.07) is 10.8. The molecule has 4 heteroatoms. The lowest BCUT2D eigenvalue weighted by Gasteiger charge is -2.11. The maximum absolute atomic E-state index is 12.6. The first-order chi connectivity index (χ1) is 10.1. The predicted octanol–water partition coefficient (Wildman–Crippen LogP) is 4.15. The van der Waals surface area contributed by atoms with Gasteiger partial charge in [-0.15, -0.1) is 0 Å². The molecule has 110 valence electrons. The number of carbonyl (C=O) groups is 1. The van der Waals surface area contributed by atoms with Crippen molar-refractivity contribution < 1.29 is 14.3 Å². The van der Waals surface area contributed by atoms with E-state index in [-0.39, 0.29) is 5.78 Å². The van der Waals surface area contributed by atoms with Crippen LogP contribution in [0.15, 0.2) is 36.4 Å². The highest BCUT2D eigenvalue weighted by Crippen LogP contribution is 2.36. The number of ether oxygens (including phenoxy) is 2. The number of hydrogen-bond acceptors (Lipinski definition) is 3. The summed E-state index contributed by atoms with van der Waals surface area (Å²) in [6.07, 6.45) is 0.883. The molecule has 0 saturated carbocycles. The van der Waals surface area contributed by atoms with Crippen molar-refractivity contribution >= 4 is 17.4 Å². The van der Waals surface area contributed by atoms with Crippen LogP contribution in [0.1, 0.15) is 28.4 Å². The van der Waals surface area contributed by atoms with Crippen LogP contribution < -0.4 is 9.47 Å². The van der Waals surface area contributed by atoms with Gasteiger partial charge in [0.2, 0.25) is 0 Å². The minimum absolute atomic E-state index is 0.0897. The van der Waals surface area contributed by atoms with Crippen molar-refractivity contribution in [3.05, 3.63) is 58.1 Å². The Morgan fingerprint density at radius 1 is 1.10 bits per heavy atom. The van der Waals surface area contributed by atoms with Crippen LogP contribution in [0, 0.1) is 0 Å². The summed E-state index contributed by atoms with van der Waals surface area (Å²) < 4.78 is 10.4. The van der Waals surface area contributed by atoms with Gasteiger partial charge in [0, 0.05) is 11.1 Å². The summed E-state index contributed by atoms with van der Waals surface area (Å²) in [4.78, 5) is 12.6. The Balaban J connectivity index is 2.45. The van der Waals surface area contributed by atoms with E-state index < -0.39 is 0 Å². The van der Waals surface area contributed by atoms with E-state index in [0.717, 1.165) is 12.0 Å². The molecule has 0 unspecified atom stereocenters. The van der Waals surface area contributed by atoms with Gasteiger partial charge in [-0.25, -0.2) is 0 Å². The molecule has 0 fully saturated rings. The summed E-state index contributed by atoms with van der Waals surface area (Å²) in [5.74, 6) is 0.783. The van der Waals surface area contributed by atoms with Crippen molar-refractivity contribution in [1.29, 1.82) is 0 Å².